The highest BCUT2D eigenvalue weighted by Crippen LogP contribution is 2.42. The monoisotopic (exact) mass is 356 g/mol. The van der Waals surface area contributed by atoms with E-state index in [1.807, 2.05) is 0 Å². The summed E-state index contributed by atoms with van der Waals surface area (Å²) in [6.07, 6.45) is 0.490. The Bertz CT molecular complexity index is 928. The van der Waals surface area contributed by atoms with Gasteiger partial charge in [0.2, 0.25) is 5.60 Å². The highest BCUT2D eigenvalue weighted by atomic mass is 19.1. The maximum absolute atomic E-state index is 14.0. The predicted molar refractivity (Wildman–Crippen MR) is 93.2 cm³/mol. The lowest BCUT2D eigenvalue weighted by molar-refractivity contribution is -0.138. The molecule has 0 saturated carbocycles. The van der Waals surface area contributed by atoms with Crippen LogP contribution in [0.5, 0.6) is 11.5 Å². The van der Waals surface area contributed by atoms with Gasteiger partial charge in [-0.05, 0) is 17.7 Å². The van der Waals surface area contributed by atoms with E-state index < -0.39 is 11.4 Å². The molecule has 26 heavy (non-hydrogen) atoms. The zero-order chi connectivity index (χ0) is 18.3. The normalized spacial score (nSPS) is 20.9. The van der Waals surface area contributed by atoms with Gasteiger partial charge in [0, 0.05) is 30.2 Å². The molecule has 6 nitrogen and oxygen atoms in total. The van der Waals surface area contributed by atoms with Gasteiger partial charge in [-0.3, -0.25) is 4.79 Å². The van der Waals surface area contributed by atoms with Crippen LogP contribution in [0.4, 0.5) is 10.1 Å². The fourth-order valence-corrected chi connectivity index (χ4v) is 3.34. The number of hydrogen-bond acceptors (Lipinski definition) is 5. The minimum absolute atomic E-state index is 0.188. The van der Waals surface area contributed by atoms with Gasteiger partial charge in [0.1, 0.15) is 5.82 Å². The first-order valence-electron chi connectivity index (χ1n) is 8.12. The lowest BCUT2D eigenvalue weighted by Gasteiger charge is -2.31. The van der Waals surface area contributed by atoms with Gasteiger partial charge in [-0.2, -0.15) is 0 Å². The number of nitrogens with zero attached hydrogens (tertiary/aromatic N) is 1. The van der Waals surface area contributed by atoms with E-state index in [1.165, 1.54) is 13.2 Å². The Morgan fingerprint density at radius 1 is 1.15 bits per heavy atom. The van der Waals surface area contributed by atoms with Crippen molar-refractivity contribution in [2.75, 3.05) is 19.5 Å². The van der Waals surface area contributed by atoms with E-state index in [9.17, 15) is 9.18 Å². The summed E-state index contributed by atoms with van der Waals surface area (Å²) in [6.45, 7) is 0. The van der Waals surface area contributed by atoms with E-state index in [2.05, 4.69) is 10.5 Å². The lowest BCUT2D eigenvalue weighted by Crippen LogP contribution is -2.48. The quantitative estimate of drug-likeness (QED) is 0.918. The molecule has 1 amide bonds. The highest BCUT2D eigenvalue weighted by molar-refractivity contribution is 6.09. The highest BCUT2D eigenvalue weighted by Gasteiger charge is 2.50. The molecule has 0 aliphatic carbocycles. The van der Waals surface area contributed by atoms with Crippen LogP contribution in [0.1, 0.15) is 17.5 Å². The van der Waals surface area contributed by atoms with Crippen molar-refractivity contribution in [2.24, 2.45) is 5.16 Å². The molecule has 4 rings (SSSR count). The van der Waals surface area contributed by atoms with Crippen LogP contribution in [0.2, 0.25) is 0 Å². The number of halogens is 1. The molecule has 2 heterocycles. The van der Waals surface area contributed by atoms with E-state index in [0.29, 0.717) is 34.9 Å². The number of carbonyl (C=O) groups is 1. The fourth-order valence-electron chi connectivity index (χ4n) is 3.34. The van der Waals surface area contributed by atoms with E-state index in [1.54, 1.807) is 37.4 Å². The third kappa shape index (κ3) is 2.47. The van der Waals surface area contributed by atoms with Crippen LogP contribution in [-0.4, -0.2) is 31.4 Å². The number of carbonyl (C=O) groups excluding carboxylic acids is 1. The van der Waals surface area contributed by atoms with Gasteiger partial charge in [-0.15, -0.1) is 0 Å². The molecule has 1 atom stereocenters. The number of ether oxygens (including phenoxy) is 2. The second-order valence-electron chi connectivity index (χ2n) is 6.28. The summed E-state index contributed by atoms with van der Waals surface area (Å²) in [4.78, 5) is 18.3. The van der Waals surface area contributed by atoms with Crippen molar-refractivity contribution in [3.8, 4) is 11.5 Å². The van der Waals surface area contributed by atoms with E-state index in [4.69, 9.17) is 14.3 Å². The molecule has 134 valence electrons. The Hall–Kier alpha value is -3.09. The molecule has 1 unspecified atom stereocenters. The van der Waals surface area contributed by atoms with Crippen molar-refractivity contribution in [3.05, 3.63) is 53.3 Å². The predicted octanol–water partition coefficient (Wildman–Crippen LogP) is 2.90. The second kappa shape index (κ2) is 6.01. The maximum Gasteiger partial charge on any atom is 0.272 e. The third-order valence-corrected chi connectivity index (χ3v) is 4.72. The lowest BCUT2D eigenvalue weighted by atomic mass is 9.84. The van der Waals surface area contributed by atoms with Gasteiger partial charge >= 0.3 is 0 Å². The van der Waals surface area contributed by atoms with E-state index in [0.717, 1.165) is 5.56 Å². The molecular weight excluding hydrogens is 339 g/mol. The van der Waals surface area contributed by atoms with Crippen molar-refractivity contribution < 1.29 is 23.5 Å². The molecule has 2 aromatic carbocycles. The topological polar surface area (TPSA) is 69.2 Å². The molecule has 7 heteroatoms. The molecule has 2 aliphatic rings. The second-order valence-corrected chi connectivity index (χ2v) is 6.28. The van der Waals surface area contributed by atoms with Crippen molar-refractivity contribution in [1.82, 2.24) is 0 Å². The molecule has 0 fully saturated rings. The first-order chi connectivity index (χ1) is 12.6. The number of oxime groups is 1. The maximum atomic E-state index is 14.0. The standard InChI is InChI=1S/C19H17FN2O4/c1-24-16-7-11-9-19(18(23)21-14(11)8-17(16)25-2)10-15(22-26-19)12-5-3-4-6-13(12)20/h3-8H,9-10H2,1-2H3,(H,21,23). The Morgan fingerprint density at radius 3 is 2.62 bits per heavy atom. The largest absolute Gasteiger partial charge is 0.493 e. The van der Waals surface area contributed by atoms with Crippen molar-refractivity contribution in [2.45, 2.75) is 18.4 Å². The van der Waals surface area contributed by atoms with E-state index >= 15 is 0 Å². The summed E-state index contributed by atoms with van der Waals surface area (Å²) in [6, 6.07) is 9.83. The van der Waals surface area contributed by atoms with Gasteiger partial charge in [0.25, 0.3) is 5.91 Å². The Kier molecular flexibility index (Phi) is 3.79. The Morgan fingerprint density at radius 2 is 1.88 bits per heavy atom. The number of rotatable bonds is 3. The number of methoxy groups -OCH3 is 2. The Labute approximate surface area is 149 Å². The number of anilines is 1. The average molecular weight is 356 g/mol. The molecule has 0 aromatic heterocycles. The van der Waals surface area contributed by atoms with Crippen LogP contribution in [-0.2, 0) is 16.1 Å². The van der Waals surface area contributed by atoms with E-state index in [-0.39, 0.29) is 12.3 Å². The summed E-state index contributed by atoms with van der Waals surface area (Å²) in [5, 5.41) is 6.84. The molecule has 2 aliphatic heterocycles. The third-order valence-electron chi connectivity index (χ3n) is 4.72. The first-order valence-corrected chi connectivity index (χ1v) is 8.12. The molecule has 1 spiro atoms. The van der Waals surface area contributed by atoms with Crippen molar-refractivity contribution in [1.29, 1.82) is 0 Å². The van der Waals surface area contributed by atoms with Crippen LogP contribution in [0.25, 0.3) is 0 Å². The van der Waals surface area contributed by atoms with Gasteiger partial charge in [-0.1, -0.05) is 23.4 Å². The first kappa shape index (κ1) is 16.4. The molecule has 0 radical (unpaired) electrons. The van der Waals surface area contributed by atoms with Crippen LogP contribution in [0, 0.1) is 5.82 Å². The molecule has 1 N–H and O–H groups in total. The number of amides is 1. The Balaban J connectivity index is 1.66. The zero-order valence-electron chi connectivity index (χ0n) is 14.3. The summed E-state index contributed by atoms with van der Waals surface area (Å²) >= 11 is 0. The number of fused-ring (bicyclic) bond motifs is 1. The fraction of sp³-hybridized carbons (Fsp3) is 0.263. The summed E-state index contributed by atoms with van der Waals surface area (Å²) in [5.41, 5.74) is 1.05. The SMILES string of the molecule is COc1cc2c(cc1OC)NC(=O)C1(CC(c3ccccc3F)=NO1)C2. The summed E-state index contributed by atoms with van der Waals surface area (Å²) in [5.74, 6) is 0.381. The van der Waals surface area contributed by atoms with Crippen molar-refractivity contribution in [3.63, 3.8) is 0 Å². The minimum atomic E-state index is -1.19. The minimum Gasteiger partial charge on any atom is -0.493 e. The van der Waals surface area contributed by atoms with Gasteiger partial charge in [0.05, 0.1) is 19.9 Å². The van der Waals surface area contributed by atoms with Gasteiger partial charge in [-0.25, -0.2) is 4.39 Å². The zero-order valence-corrected chi connectivity index (χ0v) is 14.3. The molecular formula is C19H17FN2O4. The number of benzene rings is 2. The van der Waals surface area contributed by atoms with Gasteiger partial charge in [0.15, 0.2) is 11.5 Å². The van der Waals surface area contributed by atoms with Gasteiger partial charge < -0.3 is 19.6 Å². The van der Waals surface area contributed by atoms with Crippen molar-refractivity contribution >= 4 is 17.3 Å². The van der Waals surface area contributed by atoms with Crippen LogP contribution in [0.3, 0.4) is 0 Å². The number of hydrogen-bond donors (Lipinski definition) is 1. The summed E-state index contributed by atoms with van der Waals surface area (Å²) < 4.78 is 24.6. The number of nitrogens with one attached hydrogen (secondary N) is 1. The van der Waals surface area contributed by atoms with Crippen LogP contribution >= 0.6 is 0 Å². The summed E-state index contributed by atoms with van der Waals surface area (Å²) in [7, 11) is 3.08. The molecule has 0 bridgehead atoms. The van der Waals surface area contributed by atoms with Crippen LogP contribution in [0.15, 0.2) is 41.6 Å². The molecule has 0 saturated heterocycles. The smallest absolute Gasteiger partial charge is 0.272 e. The van der Waals surface area contributed by atoms with Crippen LogP contribution < -0.4 is 14.8 Å². The molecule has 2 aromatic rings. The average Bonchev–Trinajstić information content (AvgIpc) is 3.07.